The smallest absolute Gasteiger partial charge is 0.343 e. The van der Waals surface area contributed by atoms with Crippen molar-refractivity contribution in [2.24, 2.45) is 0 Å². The lowest BCUT2D eigenvalue weighted by molar-refractivity contribution is -0.140. The number of carbonyl (C=O) groups is 3. The molecule has 3 N–H and O–H groups in total. The summed E-state index contributed by atoms with van der Waals surface area (Å²) in [6, 6.07) is 28.0. The van der Waals surface area contributed by atoms with Gasteiger partial charge in [0.25, 0.3) is 5.91 Å². The van der Waals surface area contributed by atoms with Crippen molar-refractivity contribution in [2.75, 3.05) is 6.54 Å². The molecule has 232 valence electrons. The van der Waals surface area contributed by atoms with E-state index >= 15 is 0 Å². The van der Waals surface area contributed by atoms with Crippen LogP contribution in [0.5, 0.6) is 0 Å². The SMILES string of the molecule is CCn1c2ccccc2c2cc(-c3ccc(/C=C(\C#N)C(=O)NCCCCCc4ccc(C=C(C(=O)O)C(=O)O)cc4)s3)ccc21. The number of benzene rings is 3. The zero-order valence-electron chi connectivity index (χ0n) is 25.3. The molecular weight excluding hydrogens is 598 g/mol. The van der Waals surface area contributed by atoms with Gasteiger partial charge in [0.1, 0.15) is 17.2 Å². The lowest BCUT2D eigenvalue weighted by Crippen LogP contribution is -2.25. The number of rotatable bonds is 13. The summed E-state index contributed by atoms with van der Waals surface area (Å²) in [6.45, 7) is 3.49. The van der Waals surface area contributed by atoms with Gasteiger partial charge in [-0.1, -0.05) is 55.0 Å². The van der Waals surface area contributed by atoms with Crippen molar-refractivity contribution in [3.63, 3.8) is 0 Å². The van der Waals surface area contributed by atoms with Gasteiger partial charge < -0.3 is 20.1 Å². The number of aromatic nitrogens is 1. The molecule has 5 aromatic rings. The van der Waals surface area contributed by atoms with Gasteiger partial charge >= 0.3 is 11.9 Å². The van der Waals surface area contributed by atoms with Crippen LogP contribution in [0.1, 0.15) is 42.2 Å². The minimum absolute atomic E-state index is 0.0676. The van der Waals surface area contributed by atoms with Crippen molar-refractivity contribution in [3.8, 4) is 16.5 Å². The number of nitrogens with zero attached hydrogens (tertiary/aromatic N) is 2. The molecule has 0 saturated carbocycles. The minimum atomic E-state index is -1.48. The number of carbonyl (C=O) groups excluding carboxylic acids is 1. The molecule has 46 heavy (non-hydrogen) atoms. The molecule has 0 spiro atoms. The molecule has 0 aliphatic rings. The summed E-state index contributed by atoms with van der Waals surface area (Å²) < 4.78 is 2.32. The fourth-order valence-electron chi connectivity index (χ4n) is 5.51. The van der Waals surface area contributed by atoms with E-state index < -0.39 is 23.4 Å². The Bertz CT molecular complexity index is 2010. The third-order valence-corrected chi connectivity index (χ3v) is 8.91. The van der Waals surface area contributed by atoms with Crippen LogP contribution in [0.15, 0.2) is 90.0 Å². The first-order valence-electron chi connectivity index (χ1n) is 15.1. The molecule has 2 aromatic heterocycles. The number of nitrogens with one attached hydrogen (secondary N) is 1. The lowest BCUT2D eigenvalue weighted by Gasteiger charge is -2.05. The zero-order chi connectivity index (χ0) is 32.6. The van der Waals surface area contributed by atoms with E-state index in [2.05, 4.69) is 59.3 Å². The number of para-hydroxylation sites is 1. The average molecular weight is 632 g/mol. The highest BCUT2D eigenvalue weighted by Gasteiger charge is 2.16. The van der Waals surface area contributed by atoms with Crippen LogP contribution in [0.25, 0.3) is 44.4 Å². The van der Waals surface area contributed by atoms with Gasteiger partial charge in [-0.15, -0.1) is 11.3 Å². The molecule has 0 atom stereocenters. The highest BCUT2D eigenvalue weighted by molar-refractivity contribution is 7.16. The predicted octanol–water partition coefficient (Wildman–Crippen LogP) is 7.53. The normalized spacial score (nSPS) is 11.3. The van der Waals surface area contributed by atoms with Crippen LogP contribution in [0.4, 0.5) is 0 Å². The molecule has 2 heterocycles. The zero-order valence-corrected chi connectivity index (χ0v) is 26.1. The number of amides is 1. The van der Waals surface area contributed by atoms with Crippen LogP contribution in [0.3, 0.4) is 0 Å². The van der Waals surface area contributed by atoms with Gasteiger partial charge in [0.2, 0.25) is 0 Å². The fourth-order valence-corrected chi connectivity index (χ4v) is 6.46. The molecule has 3 aromatic carbocycles. The van der Waals surface area contributed by atoms with Gasteiger partial charge in [0.05, 0.1) is 0 Å². The Morgan fingerprint density at radius 1 is 0.870 bits per heavy atom. The van der Waals surface area contributed by atoms with Crippen LogP contribution >= 0.6 is 11.3 Å². The molecule has 9 heteroatoms. The van der Waals surface area contributed by atoms with Gasteiger partial charge in [-0.05, 0) is 85.4 Å². The van der Waals surface area contributed by atoms with Crippen LogP contribution in [-0.4, -0.2) is 39.2 Å². The van der Waals surface area contributed by atoms with E-state index in [9.17, 15) is 19.6 Å². The topological polar surface area (TPSA) is 132 Å². The number of aliphatic carboxylic acids is 2. The average Bonchev–Trinajstić information content (AvgIpc) is 3.66. The first kappa shape index (κ1) is 31.9. The second-order valence-electron chi connectivity index (χ2n) is 10.8. The fraction of sp³-hybridized carbons (Fsp3) is 0.189. The van der Waals surface area contributed by atoms with Crippen LogP contribution in [0, 0.1) is 11.3 Å². The Morgan fingerprint density at radius 2 is 1.61 bits per heavy atom. The van der Waals surface area contributed by atoms with Crippen molar-refractivity contribution < 1.29 is 24.6 Å². The Balaban J connectivity index is 1.13. The molecule has 1 amide bonds. The van der Waals surface area contributed by atoms with E-state index in [1.165, 1.54) is 21.8 Å². The standard InChI is InChI=1S/C37H33N3O5S/c1-2-40-32-10-6-5-9-29(32)30-22-26(15-17-33(30)40)34-18-16-28(46-34)21-27(23-38)35(41)39-19-7-3-4-8-24-11-13-25(14-12-24)20-31(36(42)43)37(44)45/h5-6,9-18,20-22H,2-4,7-8,19H2,1H3,(H,39,41)(H,42,43)(H,44,45)/b27-21+. The first-order chi connectivity index (χ1) is 22.3. The molecule has 5 rings (SSSR count). The van der Waals surface area contributed by atoms with Crippen molar-refractivity contribution in [1.29, 1.82) is 5.26 Å². The second kappa shape index (κ2) is 14.5. The number of carboxylic acids is 2. The monoisotopic (exact) mass is 631 g/mol. The van der Waals surface area contributed by atoms with Crippen LogP contribution < -0.4 is 5.32 Å². The van der Waals surface area contributed by atoms with Crippen molar-refractivity contribution in [1.82, 2.24) is 9.88 Å². The maximum atomic E-state index is 12.7. The number of thiophene rings is 1. The number of fused-ring (bicyclic) bond motifs is 3. The van der Waals surface area contributed by atoms with Crippen molar-refractivity contribution >= 4 is 63.1 Å². The molecule has 0 radical (unpaired) electrons. The molecule has 0 saturated heterocycles. The highest BCUT2D eigenvalue weighted by atomic mass is 32.1. The van der Waals surface area contributed by atoms with Gasteiger partial charge in [0.15, 0.2) is 0 Å². The third kappa shape index (κ3) is 7.25. The molecule has 0 aliphatic carbocycles. The van der Waals surface area contributed by atoms with Gasteiger partial charge in [0, 0.05) is 44.6 Å². The summed E-state index contributed by atoms with van der Waals surface area (Å²) in [7, 11) is 0. The molecule has 0 unspecified atom stereocenters. The summed E-state index contributed by atoms with van der Waals surface area (Å²) in [6.07, 6.45) is 6.06. The van der Waals surface area contributed by atoms with Crippen molar-refractivity contribution in [3.05, 3.63) is 106 Å². The molecule has 0 fully saturated rings. The Morgan fingerprint density at radius 3 is 2.33 bits per heavy atom. The maximum Gasteiger partial charge on any atom is 0.343 e. The Kier molecular flexibility index (Phi) is 10.1. The second-order valence-corrected chi connectivity index (χ2v) is 12.0. The number of carboxylic acid groups (broad SMARTS) is 2. The van der Waals surface area contributed by atoms with Gasteiger partial charge in [-0.25, -0.2) is 9.59 Å². The Labute approximate surface area is 270 Å². The van der Waals surface area contributed by atoms with Gasteiger partial charge in [-0.2, -0.15) is 5.26 Å². The summed E-state index contributed by atoms with van der Waals surface area (Å²) in [5, 5.41) is 32.9. The summed E-state index contributed by atoms with van der Waals surface area (Å²) >= 11 is 1.54. The van der Waals surface area contributed by atoms with E-state index in [0.717, 1.165) is 59.2 Å². The number of nitriles is 1. The predicted molar refractivity (Wildman–Crippen MR) is 182 cm³/mol. The summed E-state index contributed by atoms with van der Waals surface area (Å²) in [4.78, 5) is 36.7. The minimum Gasteiger partial charge on any atom is -0.477 e. The first-order valence-corrected chi connectivity index (χ1v) is 15.9. The number of unbranched alkanes of at least 4 members (excludes halogenated alkanes) is 2. The number of hydrogen-bond acceptors (Lipinski definition) is 5. The maximum absolute atomic E-state index is 12.7. The van der Waals surface area contributed by atoms with E-state index in [1.54, 1.807) is 29.5 Å². The molecular formula is C37H33N3O5S. The lowest BCUT2D eigenvalue weighted by atomic mass is 10.0. The largest absolute Gasteiger partial charge is 0.477 e. The number of aryl methyl sites for hydroxylation is 2. The van der Waals surface area contributed by atoms with Crippen LogP contribution in [-0.2, 0) is 27.3 Å². The van der Waals surface area contributed by atoms with E-state index in [1.807, 2.05) is 30.3 Å². The Hall–Kier alpha value is -5.46. The van der Waals surface area contributed by atoms with E-state index in [-0.39, 0.29) is 5.57 Å². The van der Waals surface area contributed by atoms with E-state index in [0.29, 0.717) is 12.1 Å². The molecule has 0 bridgehead atoms. The van der Waals surface area contributed by atoms with Crippen LogP contribution in [0.2, 0.25) is 0 Å². The number of hydrogen-bond donors (Lipinski definition) is 3. The molecule has 0 aliphatic heterocycles. The summed E-state index contributed by atoms with van der Waals surface area (Å²) in [5.41, 5.74) is 4.45. The molecule has 8 nitrogen and oxygen atoms in total. The highest BCUT2D eigenvalue weighted by Crippen LogP contribution is 2.35. The van der Waals surface area contributed by atoms with E-state index in [4.69, 9.17) is 10.2 Å². The van der Waals surface area contributed by atoms with Crippen molar-refractivity contribution in [2.45, 2.75) is 39.2 Å². The van der Waals surface area contributed by atoms with Gasteiger partial charge in [-0.3, -0.25) is 4.79 Å². The summed E-state index contributed by atoms with van der Waals surface area (Å²) in [5.74, 6) is -3.36. The third-order valence-electron chi connectivity index (χ3n) is 7.83. The quantitative estimate of drug-likeness (QED) is 0.0405.